The van der Waals surface area contributed by atoms with Crippen LogP contribution in [0.4, 0.5) is 0 Å². The Labute approximate surface area is 248 Å². The maximum atomic E-state index is 3.38. The third kappa shape index (κ3) is 11.5. The normalized spacial score (nSPS) is 21.5. The van der Waals surface area contributed by atoms with Crippen molar-refractivity contribution >= 4 is 0 Å². The Balaban J connectivity index is 1.81. The van der Waals surface area contributed by atoms with Crippen LogP contribution in [0.15, 0.2) is 93.7 Å². The van der Waals surface area contributed by atoms with E-state index in [1.807, 2.05) is 0 Å². The van der Waals surface area contributed by atoms with Gasteiger partial charge in [0.1, 0.15) is 0 Å². The largest absolute Gasteiger partial charge is 0.0976 e. The van der Waals surface area contributed by atoms with Gasteiger partial charge in [-0.1, -0.05) is 129 Å². The summed E-state index contributed by atoms with van der Waals surface area (Å²) >= 11 is 0. The monoisotopic (exact) mass is 538 g/mol. The molecule has 2 rings (SSSR count). The fourth-order valence-electron chi connectivity index (χ4n) is 6.19. The molecule has 1 atom stereocenters. The van der Waals surface area contributed by atoms with Crippen LogP contribution in [0.1, 0.15) is 127 Å². The van der Waals surface area contributed by atoms with Crippen molar-refractivity contribution in [1.29, 1.82) is 0 Å². The predicted molar refractivity (Wildman–Crippen MR) is 180 cm³/mol. The summed E-state index contributed by atoms with van der Waals surface area (Å²) in [5.74, 6) is 7.16. The van der Waals surface area contributed by atoms with Crippen LogP contribution >= 0.6 is 0 Å². The lowest BCUT2D eigenvalue weighted by Crippen LogP contribution is -2.20. The zero-order valence-corrected chi connectivity index (χ0v) is 27.6. The van der Waals surface area contributed by atoms with Crippen molar-refractivity contribution in [3.8, 4) is 11.8 Å². The van der Waals surface area contributed by atoms with Crippen LogP contribution in [-0.2, 0) is 0 Å². The Bertz CT molecular complexity index is 1160. The van der Waals surface area contributed by atoms with Crippen molar-refractivity contribution in [1.82, 2.24) is 0 Å². The van der Waals surface area contributed by atoms with E-state index in [2.05, 4.69) is 136 Å². The average Bonchev–Trinajstić information content (AvgIpc) is 2.85. The third-order valence-electron chi connectivity index (χ3n) is 8.85. The van der Waals surface area contributed by atoms with E-state index in [0.29, 0.717) is 16.7 Å². The van der Waals surface area contributed by atoms with Crippen LogP contribution in [0.2, 0.25) is 0 Å². The zero-order valence-electron chi connectivity index (χ0n) is 27.6. The van der Waals surface area contributed by atoms with Crippen molar-refractivity contribution < 1.29 is 0 Å². The zero-order chi connectivity index (χ0) is 29.8. The standard InChI is InChI=1S/C40H58/c1-31(19-13-21-33(3)25-27-37-35(5)23-15-29-39(37,7)8)17-11-12-18-32(2)20-14-22-34(4)26-28-38-36(6)24-16-30-40(38,9)10/h11-13,17-19,21,26,28,34H,15-16,22-25,27,29-30H2,1-10H3/b12-11+,19-13-,28-26+,31-17+,32-18+,33-21+. The molecule has 0 saturated carbocycles. The van der Waals surface area contributed by atoms with E-state index in [0.717, 1.165) is 18.4 Å². The van der Waals surface area contributed by atoms with Crippen molar-refractivity contribution in [2.75, 3.05) is 0 Å². The maximum absolute atomic E-state index is 3.38. The fourth-order valence-corrected chi connectivity index (χ4v) is 6.19. The first-order valence-corrected chi connectivity index (χ1v) is 15.7. The SMILES string of the molecule is CC1=C(/C=C/C(C)CC#C/C(C)=C/C=C/C=C(C)/C=C\C=C(/C)CCC2=C(C)CCCC2(C)C)C(C)(C)CCC1. The molecule has 40 heavy (non-hydrogen) atoms. The summed E-state index contributed by atoms with van der Waals surface area (Å²) in [6.07, 6.45) is 30.9. The van der Waals surface area contributed by atoms with E-state index in [1.165, 1.54) is 61.7 Å². The van der Waals surface area contributed by atoms with Crippen molar-refractivity contribution in [3.05, 3.63) is 93.7 Å². The summed E-state index contributed by atoms with van der Waals surface area (Å²) in [5, 5.41) is 0. The van der Waals surface area contributed by atoms with Crippen LogP contribution in [0, 0.1) is 28.6 Å². The van der Waals surface area contributed by atoms with Gasteiger partial charge >= 0.3 is 0 Å². The summed E-state index contributed by atoms with van der Waals surface area (Å²) < 4.78 is 0. The number of rotatable bonds is 10. The van der Waals surface area contributed by atoms with Gasteiger partial charge in [-0.25, -0.2) is 0 Å². The highest BCUT2D eigenvalue weighted by Crippen LogP contribution is 2.43. The van der Waals surface area contributed by atoms with Crippen LogP contribution in [-0.4, -0.2) is 0 Å². The summed E-state index contributed by atoms with van der Waals surface area (Å²) in [6.45, 7) is 23.0. The molecule has 0 bridgehead atoms. The summed E-state index contributed by atoms with van der Waals surface area (Å²) in [4.78, 5) is 0. The Morgan fingerprint density at radius 2 is 1.50 bits per heavy atom. The van der Waals surface area contributed by atoms with Gasteiger partial charge in [-0.3, -0.25) is 0 Å². The van der Waals surface area contributed by atoms with E-state index >= 15 is 0 Å². The van der Waals surface area contributed by atoms with E-state index < -0.39 is 0 Å². The third-order valence-corrected chi connectivity index (χ3v) is 8.85. The van der Waals surface area contributed by atoms with Crippen LogP contribution in [0.25, 0.3) is 0 Å². The van der Waals surface area contributed by atoms with Gasteiger partial charge < -0.3 is 0 Å². The highest BCUT2D eigenvalue weighted by molar-refractivity contribution is 5.34. The van der Waals surface area contributed by atoms with Gasteiger partial charge in [-0.2, -0.15) is 0 Å². The first-order valence-electron chi connectivity index (χ1n) is 15.7. The molecule has 0 heterocycles. The Hall–Kier alpha value is -2.52. The first-order chi connectivity index (χ1) is 18.8. The molecule has 0 amide bonds. The smallest absolute Gasteiger partial charge is 0.0153 e. The molecule has 0 aromatic carbocycles. The molecule has 0 heteroatoms. The van der Waals surface area contributed by atoms with Crippen LogP contribution in [0.5, 0.6) is 0 Å². The predicted octanol–water partition coefficient (Wildman–Crippen LogP) is 12.4. The lowest BCUT2D eigenvalue weighted by atomic mass is 9.71. The van der Waals surface area contributed by atoms with Gasteiger partial charge in [-0.15, -0.1) is 0 Å². The fraction of sp³-hybridized carbons (Fsp3) is 0.550. The van der Waals surface area contributed by atoms with E-state index in [1.54, 1.807) is 16.7 Å². The second kappa shape index (κ2) is 16.1. The molecule has 0 fully saturated rings. The molecule has 0 radical (unpaired) electrons. The highest BCUT2D eigenvalue weighted by Gasteiger charge is 2.28. The second-order valence-corrected chi connectivity index (χ2v) is 13.8. The molecule has 0 nitrogen and oxygen atoms in total. The topological polar surface area (TPSA) is 0 Å². The molecule has 1 unspecified atom stereocenters. The van der Waals surface area contributed by atoms with E-state index in [9.17, 15) is 0 Å². The van der Waals surface area contributed by atoms with Crippen molar-refractivity contribution in [3.63, 3.8) is 0 Å². The quantitative estimate of drug-likeness (QED) is 0.147. The molecule has 0 aromatic heterocycles. The molecule has 0 aromatic rings. The highest BCUT2D eigenvalue weighted by atomic mass is 14.3. The van der Waals surface area contributed by atoms with E-state index in [-0.39, 0.29) is 0 Å². The summed E-state index contributed by atoms with van der Waals surface area (Å²) in [7, 11) is 0. The molecule has 218 valence electrons. The summed E-state index contributed by atoms with van der Waals surface area (Å²) in [5.41, 5.74) is 10.9. The average molecular weight is 539 g/mol. The first kappa shape index (κ1) is 33.7. The van der Waals surface area contributed by atoms with Crippen molar-refractivity contribution in [2.45, 2.75) is 127 Å². The molecule has 0 N–H and O–H groups in total. The maximum Gasteiger partial charge on any atom is 0.0153 e. The van der Waals surface area contributed by atoms with Gasteiger partial charge in [0, 0.05) is 6.42 Å². The van der Waals surface area contributed by atoms with Crippen LogP contribution < -0.4 is 0 Å². The minimum atomic E-state index is 0.303. The Morgan fingerprint density at radius 3 is 2.17 bits per heavy atom. The molecule has 2 aliphatic carbocycles. The minimum Gasteiger partial charge on any atom is -0.0976 e. The van der Waals surface area contributed by atoms with Gasteiger partial charge in [0.15, 0.2) is 0 Å². The molecular weight excluding hydrogens is 480 g/mol. The van der Waals surface area contributed by atoms with E-state index in [4.69, 9.17) is 0 Å². The molecule has 0 spiro atoms. The Morgan fingerprint density at radius 1 is 0.850 bits per heavy atom. The summed E-state index contributed by atoms with van der Waals surface area (Å²) in [6, 6.07) is 0. The molecular formula is C40H58. The second-order valence-electron chi connectivity index (χ2n) is 13.8. The minimum absolute atomic E-state index is 0.303. The number of hydrogen-bond donors (Lipinski definition) is 0. The lowest BCUT2D eigenvalue weighted by molar-refractivity contribution is 0.354. The van der Waals surface area contributed by atoms with Gasteiger partial charge in [-0.05, 0) is 114 Å². The van der Waals surface area contributed by atoms with Gasteiger partial charge in [0.05, 0.1) is 0 Å². The molecule has 2 aliphatic rings. The van der Waals surface area contributed by atoms with Gasteiger partial charge in [0.25, 0.3) is 0 Å². The van der Waals surface area contributed by atoms with Crippen LogP contribution in [0.3, 0.4) is 0 Å². The number of hydrogen-bond acceptors (Lipinski definition) is 0. The Kier molecular flexibility index (Phi) is 13.5. The number of allylic oxidation sites excluding steroid dienone is 16. The van der Waals surface area contributed by atoms with Crippen molar-refractivity contribution in [2.24, 2.45) is 16.7 Å². The molecule has 0 saturated heterocycles. The molecule has 0 aliphatic heterocycles. The van der Waals surface area contributed by atoms with Gasteiger partial charge in [0.2, 0.25) is 0 Å². The lowest BCUT2D eigenvalue weighted by Gasteiger charge is -2.34.